The fourth-order valence-corrected chi connectivity index (χ4v) is 6.33. The van der Waals surface area contributed by atoms with E-state index in [0.717, 1.165) is 44.7 Å². The third kappa shape index (κ3) is 7.03. The molecular weight excluding hydrogens is 398 g/mol. The Labute approximate surface area is 198 Å². The molecule has 5 heteroatoms. The van der Waals surface area contributed by atoms with Gasteiger partial charge in [0.05, 0.1) is 0 Å². The van der Waals surface area contributed by atoms with E-state index < -0.39 is 0 Å². The molecule has 1 saturated carbocycles. The van der Waals surface area contributed by atoms with Gasteiger partial charge < -0.3 is 14.7 Å². The summed E-state index contributed by atoms with van der Waals surface area (Å²) in [7, 11) is 2.24. The number of carbonyl (C=O) groups excluding carboxylic acids is 2. The highest BCUT2D eigenvalue weighted by molar-refractivity contribution is 5.81. The maximum atomic E-state index is 12.9. The summed E-state index contributed by atoms with van der Waals surface area (Å²) in [5.74, 6) is 1.81. The normalized spacial score (nSPS) is 28.6. The van der Waals surface area contributed by atoms with E-state index in [2.05, 4.69) is 21.7 Å². The Balaban J connectivity index is 0.000000860. The molecule has 4 fully saturated rings. The van der Waals surface area contributed by atoms with E-state index in [9.17, 15) is 9.59 Å². The summed E-state index contributed by atoms with van der Waals surface area (Å²) in [6.45, 7) is 18.0. The SMILES string of the molecule is CC.CC.CC(=O)C1CCC(C(=O)N2CCC(CN3CCC4(CC3)CN(C)C4)CC2)CC1. The minimum atomic E-state index is 0.172. The van der Waals surface area contributed by atoms with Crippen molar-refractivity contribution in [3.05, 3.63) is 0 Å². The second kappa shape index (κ2) is 13.1. The molecule has 32 heavy (non-hydrogen) atoms. The maximum Gasteiger partial charge on any atom is 0.225 e. The van der Waals surface area contributed by atoms with Gasteiger partial charge in [-0.1, -0.05) is 27.7 Å². The van der Waals surface area contributed by atoms with Gasteiger partial charge in [0, 0.05) is 44.6 Å². The molecule has 0 aromatic rings. The average Bonchev–Trinajstić information content (AvgIpc) is 2.82. The van der Waals surface area contributed by atoms with Crippen molar-refractivity contribution < 1.29 is 9.59 Å². The van der Waals surface area contributed by atoms with Gasteiger partial charge in [-0.3, -0.25) is 9.59 Å². The van der Waals surface area contributed by atoms with Crippen molar-refractivity contribution in [1.82, 2.24) is 14.7 Å². The number of amides is 1. The van der Waals surface area contributed by atoms with Crippen molar-refractivity contribution in [2.24, 2.45) is 23.2 Å². The predicted octanol–water partition coefficient (Wildman–Crippen LogP) is 4.70. The van der Waals surface area contributed by atoms with Gasteiger partial charge in [0.15, 0.2) is 0 Å². The fraction of sp³-hybridized carbons (Fsp3) is 0.926. The van der Waals surface area contributed by atoms with Gasteiger partial charge in [-0.25, -0.2) is 0 Å². The molecule has 0 bridgehead atoms. The molecular formula is C27H51N3O2. The van der Waals surface area contributed by atoms with Crippen molar-refractivity contribution in [2.75, 3.05) is 52.9 Å². The molecule has 0 unspecified atom stereocenters. The number of nitrogens with zero attached hydrogens (tertiary/aromatic N) is 3. The van der Waals surface area contributed by atoms with Gasteiger partial charge in [0.25, 0.3) is 0 Å². The van der Waals surface area contributed by atoms with E-state index >= 15 is 0 Å². The van der Waals surface area contributed by atoms with Crippen LogP contribution in [0.5, 0.6) is 0 Å². The van der Waals surface area contributed by atoms with Gasteiger partial charge in [0.1, 0.15) is 5.78 Å². The summed E-state index contributed by atoms with van der Waals surface area (Å²) in [6.07, 6.45) is 8.72. The number of hydrogen-bond acceptors (Lipinski definition) is 4. The van der Waals surface area contributed by atoms with Gasteiger partial charge in [-0.2, -0.15) is 0 Å². The molecule has 0 N–H and O–H groups in total. The van der Waals surface area contributed by atoms with Gasteiger partial charge >= 0.3 is 0 Å². The molecule has 4 aliphatic rings. The lowest BCUT2D eigenvalue weighted by atomic mass is 9.72. The highest BCUT2D eigenvalue weighted by Crippen LogP contribution is 2.40. The lowest BCUT2D eigenvalue weighted by molar-refractivity contribution is -0.139. The lowest BCUT2D eigenvalue weighted by Gasteiger charge is -2.53. The van der Waals surface area contributed by atoms with Crippen LogP contribution in [0.25, 0.3) is 0 Å². The van der Waals surface area contributed by atoms with Crippen LogP contribution in [0.2, 0.25) is 0 Å². The molecule has 0 radical (unpaired) electrons. The molecule has 3 aliphatic heterocycles. The van der Waals surface area contributed by atoms with Gasteiger partial charge in [-0.15, -0.1) is 0 Å². The van der Waals surface area contributed by atoms with Crippen LogP contribution in [0.1, 0.15) is 86.0 Å². The van der Waals surface area contributed by atoms with Crippen molar-refractivity contribution >= 4 is 11.7 Å². The summed E-state index contributed by atoms with van der Waals surface area (Å²) >= 11 is 0. The number of ketones is 1. The quantitative estimate of drug-likeness (QED) is 0.624. The van der Waals surface area contributed by atoms with E-state index in [1.807, 2.05) is 27.7 Å². The number of rotatable bonds is 4. The molecule has 3 saturated heterocycles. The zero-order chi connectivity index (χ0) is 23.7. The predicted molar refractivity (Wildman–Crippen MR) is 134 cm³/mol. The fourth-order valence-electron chi connectivity index (χ4n) is 6.33. The second-order valence-corrected chi connectivity index (χ2v) is 10.4. The molecule has 186 valence electrons. The third-order valence-corrected chi connectivity index (χ3v) is 8.22. The molecule has 0 atom stereocenters. The van der Waals surface area contributed by atoms with Crippen molar-refractivity contribution in [3.8, 4) is 0 Å². The molecule has 1 amide bonds. The van der Waals surface area contributed by atoms with Gasteiger partial charge in [-0.05, 0) is 89.8 Å². The zero-order valence-electron chi connectivity index (χ0n) is 22.0. The summed E-state index contributed by atoms with van der Waals surface area (Å²) < 4.78 is 0. The number of Topliss-reactive ketones (excluding diaryl/α,β-unsaturated/α-hetero) is 1. The molecule has 1 spiro atoms. The lowest BCUT2D eigenvalue weighted by Crippen LogP contribution is -2.59. The van der Waals surface area contributed by atoms with Gasteiger partial charge in [0.2, 0.25) is 5.91 Å². The van der Waals surface area contributed by atoms with Crippen LogP contribution in [-0.2, 0) is 9.59 Å². The molecule has 1 aliphatic carbocycles. The Hall–Kier alpha value is -0.940. The highest BCUT2D eigenvalue weighted by Gasteiger charge is 2.43. The summed E-state index contributed by atoms with van der Waals surface area (Å²) in [4.78, 5) is 31.7. The number of likely N-dealkylation sites (tertiary alicyclic amines) is 3. The van der Waals surface area contributed by atoms with Crippen LogP contribution in [-0.4, -0.2) is 79.3 Å². The Kier molecular flexibility index (Phi) is 11.2. The number of carbonyl (C=O) groups is 2. The standard InChI is InChI=1S/C23H39N3O2.2C2H6/c1-18(27)20-3-5-21(6-4-20)22(28)26-11-7-19(8-12-26)15-25-13-9-23(10-14-25)16-24(2)17-23;2*1-2/h19-21H,3-17H2,1-2H3;2*1-2H3. The van der Waals surface area contributed by atoms with E-state index in [4.69, 9.17) is 0 Å². The average molecular weight is 450 g/mol. The Morgan fingerprint density at radius 3 is 1.75 bits per heavy atom. The minimum absolute atomic E-state index is 0.172. The van der Waals surface area contributed by atoms with E-state index in [-0.39, 0.29) is 11.8 Å². The van der Waals surface area contributed by atoms with E-state index in [0.29, 0.717) is 17.1 Å². The second-order valence-electron chi connectivity index (χ2n) is 10.4. The van der Waals surface area contributed by atoms with Crippen LogP contribution in [0.3, 0.4) is 0 Å². The van der Waals surface area contributed by atoms with Crippen LogP contribution in [0.4, 0.5) is 0 Å². The van der Waals surface area contributed by atoms with Crippen LogP contribution < -0.4 is 0 Å². The summed E-state index contributed by atoms with van der Waals surface area (Å²) in [5.41, 5.74) is 0.641. The highest BCUT2D eigenvalue weighted by atomic mass is 16.2. The first-order chi connectivity index (χ1) is 15.4. The first-order valence-corrected chi connectivity index (χ1v) is 13.6. The number of piperidine rings is 2. The smallest absolute Gasteiger partial charge is 0.225 e. The Bertz CT molecular complexity index is 561. The Morgan fingerprint density at radius 1 is 0.781 bits per heavy atom. The minimum Gasteiger partial charge on any atom is -0.342 e. The molecule has 5 nitrogen and oxygen atoms in total. The summed E-state index contributed by atoms with van der Waals surface area (Å²) in [5, 5.41) is 0. The van der Waals surface area contributed by atoms with Crippen molar-refractivity contribution in [1.29, 1.82) is 0 Å². The maximum absolute atomic E-state index is 12.9. The third-order valence-electron chi connectivity index (χ3n) is 8.22. The van der Waals surface area contributed by atoms with Crippen molar-refractivity contribution in [3.63, 3.8) is 0 Å². The molecule has 3 heterocycles. The summed E-state index contributed by atoms with van der Waals surface area (Å²) in [6, 6.07) is 0. The van der Waals surface area contributed by atoms with Crippen LogP contribution in [0.15, 0.2) is 0 Å². The van der Waals surface area contributed by atoms with E-state index in [1.165, 1.54) is 58.4 Å². The Morgan fingerprint density at radius 2 is 1.28 bits per heavy atom. The zero-order valence-corrected chi connectivity index (χ0v) is 22.0. The first kappa shape index (κ1) is 27.3. The van der Waals surface area contributed by atoms with Crippen LogP contribution >= 0.6 is 0 Å². The monoisotopic (exact) mass is 449 g/mol. The van der Waals surface area contributed by atoms with Crippen LogP contribution in [0, 0.1) is 23.2 Å². The topological polar surface area (TPSA) is 43.9 Å². The number of hydrogen-bond donors (Lipinski definition) is 0. The largest absolute Gasteiger partial charge is 0.342 e. The van der Waals surface area contributed by atoms with Crippen molar-refractivity contribution in [2.45, 2.75) is 86.0 Å². The molecule has 4 rings (SSSR count). The van der Waals surface area contributed by atoms with E-state index in [1.54, 1.807) is 6.92 Å². The first-order valence-electron chi connectivity index (χ1n) is 13.6. The molecule has 0 aromatic heterocycles. The molecule has 0 aromatic carbocycles.